The van der Waals surface area contributed by atoms with Gasteiger partial charge in [-0.2, -0.15) is 0 Å². The molecule has 2 rings (SSSR count). The molecule has 0 aromatic rings. The predicted molar refractivity (Wildman–Crippen MR) is 74.4 cm³/mol. The highest BCUT2D eigenvalue weighted by Gasteiger charge is 2.29. The maximum Gasteiger partial charge on any atom is 0.0294 e. The van der Waals surface area contributed by atoms with Gasteiger partial charge in [0.2, 0.25) is 0 Å². The van der Waals surface area contributed by atoms with Crippen LogP contribution in [0.2, 0.25) is 0 Å². The lowest BCUT2D eigenvalue weighted by Crippen LogP contribution is -2.21. The second kappa shape index (κ2) is 6.66. The lowest BCUT2D eigenvalue weighted by atomic mass is 9.99. The van der Waals surface area contributed by atoms with E-state index >= 15 is 0 Å². The average Bonchev–Trinajstić information content (AvgIpc) is 2.38. The zero-order chi connectivity index (χ0) is 11.2. The Labute approximate surface area is 102 Å². The van der Waals surface area contributed by atoms with E-state index in [-0.39, 0.29) is 7.92 Å². The van der Waals surface area contributed by atoms with E-state index in [4.69, 9.17) is 6.42 Å². The Balaban J connectivity index is 1.94. The summed E-state index contributed by atoms with van der Waals surface area (Å²) >= 11 is 0. The number of hydrogen-bond acceptors (Lipinski definition) is 0. The molecule has 0 nitrogen and oxygen atoms in total. The second-order valence-corrected chi connectivity index (χ2v) is 8.27. The molecule has 2 saturated carbocycles. The summed E-state index contributed by atoms with van der Waals surface area (Å²) in [6, 6.07) is 0. The highest BCUT2D eigenvalue weighted by Crippen LogP contribution is 2.55. The SMILES string of the molecule is C#CCP(C1CCCCC1)C1CCCCC1. The Morgan fingerprint density at radius 3 is 1.62 bits per heavy atom. The molecule has 0 aliphatic heterocycles. The van der Waals surface area contributed by atoms with Crippen LogP contribution in [0.5, 0.6) is 0 Å². The van der Waals surface area contributed by atoms with Gasteiger partial charge in [0, 0.05) is 6.16 Å². The summed E-state index contributed by atoms with van der Waals surface area (Å²) in [5.74, 6) is 2.99. The van der Waals surface area contributed by atoms with Gasteiger partial charge in [0.15, 0.2) is 0 Å². The molecular weight excluding hydrogens is 211 g/mol. The molecule has 1 heteroatoms. The van der Waals surface area contributed by atoms with Crippen molar-refractivity contribution in [3.05, 3.63) is 0 Å². The normalized spacial score (nSPS) is 24.5. The van der Waals surface area contributed by atoms with Crippen LogP contribution in [0.15, 0.2) is 0 Å². The monoisotopic (exact) mass is 236 g/mol. The van der Waals surface area contributed by atoms with E-state index in [0.29, 0.717) is 0 Å². The summed E-state index contributed by atoms with van der Waals surface area (Å²) in [6.45, 7) is 0. The van der Waals surface area contributed by atoms with E-state index in [2.05, 4.69) is 5.92 Å². The van der Waals surface area contributed by atoms with Gasteiger partial charge in [-0.25, -0.2) is 0 Å². The minimum absolute atomic E-state index is 0.167. The molecule has 16 heavy (non-hydrogen) atoms. The van der Waals surface area contributed by atoms with Gasteiger partial charge in [0.05, 0.1) is 0 Å². The van der Waals surface area contributed by atoms with E-state index in [9.17, 15) is 0 Å². The van der Waals surface area contributed by atoms with Crippen LogP contribution in [0, 0.1) is 12.3 Å². The van der Waals surface area contributed by atoms with Crippen molar-refractivity contribution in [1.82, 2.24) is 0 Å². The first-order valence-electron chi connectivity index (χ1n) is 7.11. The molecule has 0 amide bonds. The summed E-state index contributed by atoms with van der Waals surface area (Å²) in [5, 5.41) is 0. The van der Waals surface area contributed by atoms with E-state index in [1.807, 2.05) is 0 Å². The fraction of sp³-hybridized carbons (Fsp3) is 0.867. The second-order valence-electron chi connectivity index (χ2n) is 5.46. The zero-order valence-electron chi connectivity index (χ0n) is 10.5. The third-order valence-electron chi connectivity index (χ3n) is 4.36. The smallest absolute Gasteiger partial charge is 0.0294 e. The molecule has 0 atom stereocenters. The topological polar surface area (TPSA) is 0 Å². The van der Waals surface area contributed by atoms with Crippen LogP contribution in [0.4, 0.5) is 0 Å². The van der Waals surface area contributed by atoms with Crippen LogP contribution >= 0.6 is 7.92 Å². The Morgan fingerprint density at radius 1 is 0.812 bits per heavy atom. The fourth-order valence-electron chi connectivity index (χ4n) is 3.49. The molecule has 0 spiro atoms. The highest BCUT2D eigenvalue weighted by atomic mass is 31.1. The molecule has 0 heterocycles. The number of hydrogen-bond donors (Lipinski definition) is 0. The van der Waals surface area contributed by atoms with Crippen LogP contribution in [0.25, 0.3) is 0 Å². The summed E-state index contributed by atoms with van der Waals surface area (Å²) in [4.78, 5) is 0. The quantitative estimate of drug-likeness (QED) is 0.489. The van der Waals surface area contributed by atoms with Crippen molar-refractivity contribution >= 4 is 7.92 Å². The fourth-order valence-corrected chi connectivity index (χ4v) is 6.87. The summed E-state index contributed by atoms with van der Waals surface area (Å²) in [5.41, 5.74) is 2.06. The van der Waals surface area contributed by atoms with E-state index in [1.54, 1.807) is 0 Å². The summed E-state index contributed by atoms with van der Waals surface area (Å²) in [7, 11) is 0.167. The van der Waals surface area contributed by atoms with Gasteiger partial charge < -0.3 is 0 Å². The number of rotatable bonds is 3. The van der Waals surface area contributed by atoms with E-state index in [0.717, 1.165) is 17.5 Å². The largest absolute Gasteiger partial charge is 0.120 e. The molecule has 0 aromatic carbocycles. The highest BCUT2D eigenvalue weighted by molar-refractivity contribution is 7.59. The summed E-state index contributed by atoms with van der Waals surface area (Å²) in [6.07, 6.45) is 21.5. The van der Waals surface area contributed by atoms with Gasteiger partial charge >= 0.3 is 0 Å². The Bertz CT molecular complexity index is 210. The Morgan fingerprint density at radius 2 is 1.25 bits per heavy atom. The molecule has 0 radical (unpaired) electrons. The first-order valence-corrected chi connectivity index (χ1v) is 8.77. The van der Waals surface area contributed by atoms with Crippen molar-refractivity contribution in [1.29, 1.82) is 0 Å². The minimum Gasteiger partial charge on any atom is -0.120 e. The molecule has 0 N–H and O–H groups in total. The van der Waals surface area contributed by atoms with Crippen LogP contribution in [0.3, 0.4) is 0 Å². The van der Waals surface area contributed by atoms with Gasteiger partial charge in [-0.05, 0) is 37.0 Å². The lowest BCUT2D eigenvalue weighted by Gasteiger charge is -2.37. The Kier molecular flexibility index (Phi) is 5.18. The molecular formula is C15H25P. The van der Waals surface area contributed by atoms with Crippen molar-refractivity contribution in [2.24, 2.45) is 0 Å². The molecule has 2 aliphatic rings. The van der Waals surface area contributed by atoms with Crippen LogP contribution in [-0.2, 0) is 0 Å². The predicted octanol–water partition coefficient (Wildman–Crippen LogP) is 4.77. The molecule has 2 fully saturated rings. The van der Waals surface area contributed by atoms with Crippen LogP contribution in [0.1, 0.15) is 64.2 Å². The van der Waals surface area contributed by atoms with Gasteiger partial charge in [-0.3, -0.25) is 0 Å². The molecule has 90 valence electrons. The van der Waals surface area contributed by atoms with Crippen molar-refractivity contribution in [3.63, 3.8) is 0 Å². The van der Waals surface area contributed by atoms with Crippen LogP contribution in [-0.4, -0.2) is 17.5 Å². The van der Waals surface area contributed by atoms with Gasteiger partial charge in [0.25, 0.3) is 0 Å². The van der Waals surface area contributed by atoms with E-state index < -0.39 is 0 Å². The van der Waals surface area contributed by atoms with Crippen molar-refractivity contribution in [2.45, 2.75) is 75.5 Å². The minimum atomic E-state index is 0.167. The maximum absolute atomic E-state index is 5.61. The molecule has 0 unspecified atom stereocenters. The van der Waals surface area contributed by atoms with Crippen molar-refractivity contribution in [3.8, 4) is 12.3 Å². The lowest BCUT2D eigenvalue weighted by molar-refractivity contribution is 0.485. The van der Waals surface area contributed by atoms with Crippen LogP contribution < -0.4 is 0 Å². The third kappa shape index (κ3) is 3.24. The van der Waals surface area contributed by atoms with Crippen molar-refractivity contribution in [2.75, 3.05) is 6.16 Å². The average molecular weight is 236 g/mol. The Hall–Kier alpha value is -0.0100. The van der Waals surface area contributed by atoms with Gasteiger partial charge in [-0.1, -0.05) is 46.4 Å². The zero-order valence-corrected chi connectivity index (χ0v) is 11.4. The molecule has 0 aromatic heterocycles. The number of terminal acetylenes is 1. The first-order chi connectivity index (χ1) is 7.92. The molecule has 0 bridgehead atoms. The maximum atomic E-state index is 5.61. The molecule has 2 aliphatic carbocycles. The molecule has 0 saturated heterocycles. The van der Waals surface area contributed by atoms with Gasteiger partial charge in [-0.15, -0.1) is 12.3 Å². The summed E-state index contributed by atoms with van der Waals surface area (Å²) < 4.78 is 0. The first kappa shape index (κ1) is 12.4. The van der Waals surface area contributed by atoms with Gasteiger partial charge in [0.1, 0.15) is 0 Å². The van der Waals surface area contributed by atoms with Crippen molar-refractivity contribution < 1.29 is 0 Å². The van der Waals surface area contributed by atoms with E-state index in [1.165, 1.54) is 64.2 Å². The standard InChI is InChI=1S/C15H25P/c1-2-13-16(14-9-5-3-6-10-14)15-11-7-4-8-12-15/h1,14-15H,3-13H2. The third-order valence-corrected chi connectivity index (χ3v) is 7.82.